The van der Waals surface area contributed by atoms with Gasteiger partial charge in [-0.3, -0.25) is 10.1 Å². The van der Waals surface area contributed by atoms with Crippen molar-refractivity contribution in [1.29, 1.82) is 0 Å². The maximum atomic E-state index is 11.9. The Kier molecular flexibility index (Phi) is 2.52. The molecule has 0 saturated carbocycles. The first-order valence-corrected chi connectivity index (χ1v) is 5.37. The summed E-state index contributed by atoms with van der Waals surface area (Å²) in [5.41, 5.74) is 0.348. The van der Waals surface area contributed by atoms with Gasteiger partial charge in [0.25, 0.3) is 5.91 Å². The predicted octanol–water partition coefficient (Wildman–Crippen LogP) is 1.44. The van der Waals surface area contributed by atoms with Gasteiger partial charge in [0.1, 0.15) is 6.33 Å². The number of aromatic amines is 1. The van der Waals surface area contributed by atoms with Crippen LogP contribution in [0.2, 0.25) is 5.02 Å². The van der Waals surface area contributed by atoms with Gasteiger partial charge in [-0.25, -0.2) is 5.10 Å². The predicted molar refractivity (Wildman–Crippen MR) is 61.9 cm³/mol. The van der Waals surface area contributed by atoms with Crippen LogP contribution in [0.25, 0.3) is 0 Å². The summed E-state index contributed by atoms with van der Waals surface area (Å²) < 4.78 is 10.3. The molecule has 92 valence electrons. The highest BCUT2D eigenvalue weighted by Crippen LogP contribution is 2.39. The van der Waals surface area contributed by atoms with Crippen LogP contribution in [0.1, 0.15) is 10.4 Å². The molecule has 3 rings (SSSR count). The molecule has 1 aromatic carbocycles. The van der Waals surface area contributed by atoms with Gasteiger partial charge < -0.3 is 9.47 Å². The number of carbonyl (C=O) groups excluding carboxylic acids is 1. The van der Waals surface area contributed by atoms with Crippen LogP contribution in [0.3, 0.4) is 0 Å². The van der Waals surface area contributed by atoms with E-state index < -0.39 is 0 Å². The minimum absolute atomic E-state index is 0.0994. The third-order valence-corrected chi connectivity index (χ3v) is 2.62. The van der Waals surface area contributed by atoms with Crippen LogP contribution >= 0.6 is 11.6 Å². The fraction of sp³-hybridized carbons (Fsp3) is 0.100. The number of nitrogens with one attached hydrogen (secondary N) is 2. The van der Waals surface area contributed by atoms with Crippen molar-refractivity contribution in [2.75, 3.05) is 12.1 Å². The number of anilines is 1. The van der Waals surface area contributed by atoms with E-state index in [1.54, 1.807) is 6.07 Å². The maximum Gasteiger partial charge on any atom is 0.258 e. The molecule has 0 saturated heterocycles. The molecule has 1 aliphatic rings. The Morgan fingerprint density at radius 3 is 3.11 bits per heavy atom. The number of amides is 1. The highest BCUT2D eigenvalue weighted by molar-refractivity contribution is 6.32. The van der Waals surface area contributed by atoms with Crippen molar-refractivity contribution in [2.24, 2.45) is 0 Å². The van der Waals surface area contributed by atoms with Gasteiger partial charge in [-0.15, -0.1) is 0 Å². The zero-order chi connectivity index (χ0) is 12.5. The minimum Gasteiger partial charge on any atom is -0.454 e. The first kappa shape index (κ1) is 10.8. The number of aromatic nitrogens is 3. The van der Waals surface area contributed by atoms with Gasteiger partial charge in [0.05, 0.1) is 5.02 Å². The number of hydrogen-bond donors (Lipinski definition) is 2. The van der Waals surface area contributed by atoms with Crippen LogP contribution < -0.4 is 14.8 Å². The zero-order valence-electron chi connectivity index (χ0n) is 8.94. The highest BCUT2D eigenvalue weighted by atomic mass is 35.5. The molecular weight excluding hydrogens is 260 g/mol. The third-order valence-electron chi connectivity index (χ3n) is 2.34. The second kappa shape index (κ2) is 4.19. The van der Waals surface area contributed by atoms with Crippen LogP contribution in [-0.4, -0.2) is 27.9 Å². The van der Waals surface area contributed by atoms with Crippen LogP contribution in [0.5, 0.6) is 11.5 Å². The zero-order valence-corrected chi connectivity index (χ0v) is 9.69. The number of benzene rings is 1. The SMILES string of the molecule is O=C(Nc1ncn[nH]1)c1cc(Cl)c2c(c1)OCO2. The molecule has 2 N–H and O–H groups in total. The number of carbonyl (C=O) groups is 1. The Morgan fingerprint density at radius 1 is 1.44 bits per heavy atom. The maximum absolute atomic E-state index is 11.9. The van der Waals surface area contributed by atoms with E-state index in [1.807, 2.05) is 0 Å². The van der Waals surface area contributed by atoms with Crippen LogP contribution in [-0.2, 0) is 0 Å². The van der Waals surface area contributed by atoms with E-state index in [0.717, 1.165) is 0 Å². The van der Waals surface area contributed by atoms with Gasteiger partial charge in [-0.05, 0) is 12.1 Å². The standard InChI is InChI=1S/C10H7ClN4O3/c11-6-1-5(2-7-8(6)18-4-17-7)9(16)14-10-12-3-13-15-10/h1-3H,4H2,(H2,12,13,14,15,16). The van der Waals surface area contributed by atoms with E-state index in [0.29, 0.717) is 22.1 Å². The first-order chi connectivity index (χ1) is 8.74. The van der Waals surface area contributed by atoms with Crippen LogP contribution in [0, 0.1) is 0 Å². The molecule has 2 heterocycles. The third kappa shape index (κ3) is 1.84. The van der Waals surface area contributed by atoms with Crippen molar-refractivity contribution >= 4 is 23.5 Å². The number of fused-ring (bicyclic) bond motifs is 1. The Balaban J connectivity index is 1.88. The van der Waals surface area contributed by atoms with E-state index in [2.05, 4.69) is 20.5 Å². The number of ether oxygens (including phenoxy) is 2. The average molecular weight is 267 g/mol. The van der Waals surface area contributed by atoms with Gasteiger partial charge in [-0.2, -0.15) is 10.1 Å². The Hall–Kier alpha value is -2.28. The Bertz CT molecular complexity index is 599. The summed E-state index contributed by atoms with van der Waals surface area (Å²) in [5, 5.41) is 9.01. The molecule has 0 spiro atoms. The smallest absolute Gasteiger partial charge is 0.258 e. The van der Waals surface area contributed by atoms with Crippen LogP contribution in [0.15, 0.2) is 18.5 Å². The largest absolute Gasteiger partial charge is 0.454 e. The van der Waals surface area contributed by atoms with Crippen molar-refractivity contribution in [2.45, 2.75) is 0 Å². The number of rotatable bonds is 2. The summed E-state index contributed by atoms with van der Waals surface area (Å²) >= 11 is 5.98. The van der Waals surface area contributed by atoms with E-state index in [-0.39, 0.29) is 18.6 Å². The topological polar surface area (TPSA) is 89.1 Å². The Morgan fingerprint density at radius 2 is 2.33 bits per heavy atom. The number of nitrogens with zero attached hydrogens (tertiary/aromatic N) is 2. The lowest BCUT2D eigenvalue weighted by Crippen LogP contribution is -2.13. The Labute approximate surface area is 106 Å². The monoisotopic (exact) mass is 266 g/mol. The fourth-order valence-corrected chi connectivity index (χ4v) is 1.81. The molecule has 0 unspecified atom stereocenters. The molecule has 0 aliphatic carbocycles. The second-order valence-corrected chi connectivity index (χ2v) is 3.89. The van der Waals surface area contributed by atoms with Gasteiger partial charge in [0.15, 0.2) is 11.5 Å². The summed E-state index contributed by atoms with van der Waals surface area (Å²) in [5.74, 6) is 0.791. The lowest BCUT2D eigenvalue weighted by Gasteiger charge is -2.04. The lowest BCUT2D eigenvalue weighted by atomic mass is 10.2. The molecular formula is C10H7ClN4O3. The van der Waals surface area contributed by atoms with Gasteiger partial charge in [0.2, 0.25) is 12.7 Å². The number of hydrogen-bond acceptors (Lipinski definition) is 5. The average Bonchev–Trinajstić information content (AvgIpc) is 2.98. The summed E-state index contributed by atoms with van der Waals surface area (Å²) in [6, 6.07) is 3.06. The summed E-state index contributed by atoms with van der Waals surface area (Å²) in [7, 11) is 0. The fourth-order valence-electron chi connectivity index (χ4n) is 1.54. The molecule has 7 nitrogen and oxygen atoms in total. The molecule has 2 aromatic rings. The molecule has 0 radical (unpaired) electrons. The van der Waals surface area contributed by atoms with Crippen molar-refractivity contribution in [3.05, 3.63) is 29.0 Å². The van der Waals surface area contributed by atoms with Crippen molar-refractivity contribution in [1.82, 2.24) is 15.2 Å². The molecule has 0 fully saturated rings. The van der Waals surface area contributed by atoms with Crippen molar-refractivity contribution in [3.63, 3.8) is 0 Å². The van der Waals surface area contributed by atoms with Crippen molar-refractivity contribution < 1.29 is 14.3 Å². The quantitative estimate of drug-likeness (QED) is 0.858. The highest BCUT2D eigenvalue weighted by Gasteiger charge is 2.20. The van der Waals surface area contributed by atoms with Gasteiger partial charge in [-0.1, -0.05) is 11.6 Å². The molecule has 0 atom stereocenters. The molecule has 0 bridgehead atoms. The second-order valence-electron chi connectivity index (χ2n) is 3.48. The molecule has 1 aliphatic heterocycles. The molecule has 1 aromatic heterocycles. The van der Waals surface area contributed by atoms with Gasteiger partial charge in [0, 0.05) is 5.56 Å². The normalized spacial score (nSPS) is 12.5. The van der Waals surface area contributed by atoms with Crippen LogP contribution in [0.4, 0.5) is 5.95 Å². The van der Waals surface area contributed by atoms with E-state index >= 15 is 0 Å². The molecule has 18 heavy (non-hydrogen) atoms. The van der Waals surface area contributed by atoms with Crippen molar-refractivity contribution in [3.8, 4) is 11.5 Å². The van der Waals surface area contributed by atoms with E-state index in [9.17, 15) is 4.79 Å². The van der Waals surface area contributed by atoms with Gasteiger partial charge >= 0.3 is 0 Å². The number of H-pyrrole nitrogens is 1. The summed E-state index contributed by atoms with van der Waals surface area (Å²) in [6.45, 7) is 0.0994. The molecule has 1 amide bonds. The summed E-state index contributed by atoms with van der Waals surface area (Å²) in [4.78, 5) is 15.7. The number of halogens is 1. The minimum atomic E-state index is -0.369. The first-order valence-electron chi connectivity index (χ1n) is 5.00. The van der Waals surface area contributed by atoms with E-state index in [1.165, 1.54) is 12.4 Å². The lowest BCUT2D eigenvalue weighted by molar-refractivity contribution is 0.102. The summed E-state index contributed by atoms with van der Waals surface area (Å²) in [6.07, 6.45) is 1.29. The van der Waals surface area contributed by atoms with E-state index in [4.69, 9.17) is 21.1 Å². The molecule has 8 heteroatoms.